The van der Waals surface area contributed by atoms with Gasteiger partial charge in [0.25, 0.3) is 11.6 Å². The van der Waals surface area contributed by atoms with E-state index in [1.165, 1.54) is 24.3 Å². The number of ether oxygens (including phenoxy) is 1. The monoisotopic (exact) mass is 413 g/mol. The van der Waals surface area contributed by atoms with Crippen molar-refractivity contribution < 1.29 is 9.53 Å². The summed E-state index contributed by atoms with van der Waals surface area (Å²) in [6.45, 7) is 4.59. The molecule has 2 aromatic heterocycles. The molecule has 9 nitrogen and oxygen atoms in total. The van der Waals surface area contributed by atoms with Gasteiger partial charge in [-0.15, -0.1) is 0 Å². The van der Waals surface area contributed by atoms with Gasteiger partial charge in [-0.25, -0.2) is 4.79 Å². The Bertz CT molecular complexity index is 1190. The maximum absolute atomic E-state index is 12.6. The van der Waals surface area contributed by atoms with Crippen molar-refractivity contribution in [3.05, 3.63) is 50.7 Å². The Labute approximate surface area is 173 Å². The number of aromatic nitrogens is 4. The smallest absolute Gasteiger partial charge is 0.332 e. The fourth-order valence-corrected chi connectivity index (χ4v) is 3.36. The minimum absolute atomic E-state index is 0.115. The van der Waals surface area contributed by atoms with Gasteiger partial charge in [-0.3, -0.25) is 23.3 Å². The van der Waals surface area contributed by atoms with Crippen LogP contribution in [0.3, 0.4) is 0 Å². The van der Waals surface area contributed by atoms with Crippen molar-refractivity contribution in [2.75, 3.05) is 12.4 Å². The molecule has 3 aromatic rings. The minimum atomic E-state index is -0.456. The number of hydrogen-bond donors (Lipinski definition) is 1. The second kappa shape index (κ2) is 8.56. The summed E-state index contributed by atoms with van der Waals surface area (Å²) in [4.78, 5) is 41.3. The van der Waals surface area contributed by atoms with E-state index < -0.39 is 11.2 Å². The van der Waals surface area contributed by atoms with Gasteiger partial charge in [0.2, 0.25) is 5.91 Å². The summed E-state index contributed by atoms with van der Waals surface area (Å²) in [7, 11) is 4.43. The van der Waals surface area contributed by atoms with E-state index in [0.717, 1.165) is 10.3 Å². The average molecular weight is 413 g/mol. The molecule has 0 bridgehead atoms. The van der Waals surface area contributed by atoms with Crippen molar-refractivity contribution in [3.8, 4) is 6.01 Å². The summed E-state index contributed by atoms with van der Waals surface area (Å²) >= 11 is 0. The van der Waals surface area contributed by atoms with Crippen LogP contribution in [0.15, 0.2) is 33.9 Å². The molecule has 0 unspecified atom stereocenters. The molecule has 0 aliphatic rings. The number of nitrogens with one attached hydrogen (secondary N) is 1. The Balaban J connectivity index is 1.73. The zero-order valence-electron chi connectivity index (χ0n) is 17.9. The number of hydrogen-bond acceptors (Lipinski definition) is 5. The Kier molecular flexibility index (Phi) is 6.09. The number of fused-ring (bicyclic) bond motifs is 1. The maximum Gasteiger partial charge on any atom is 0.332 e. The molecule has 30 heavy (non-hydrogen) atoms. The Morgan fingerprint density at radius 3 is 2.40 bits per heavy atom. The number of benzene rings is 1. The van der Waals surface area contributed by atoms with Crippen LogP contribution in [0.1, 0.15) is 38.2 Å². The molecule has 3 rings (SSSR count). The van der Waals surface area contributed by atoms with Gasteiger partial charge in [-0.05, 0) is 30.0 Å². The lowest BCUT2D eigenvalue weighted by Gasteiger charge is -2.10. The fourth-order valence-electron chi connectivity index (χ4n) is 3.36. The Hall–Kier alpha value is -3.36. The van der Waals surface area contributed by atoms with Gasteiger partial charge < -0.3 is 10.1 Å². The zero-order chi connectivity index (χ0) is 22.0. The van der Waals surface area contributed by atoms with E-state index in [4.69, 9.17) is 4.74 Å². The van der Waals surface area contributed by atoms with E-state index >= 15 is 0 Å². The molecule has 160 valence electrons. The predicted molar refractivity (Wildman–Crippen MR) is 115 cm³/mol. The van der Waals surface area contributed by atoms with Crippen LogP contribution in [0.5, 0.6) is 6.01 Å². The normalized spacial score (nSPS) is 11.3. The third-order valence-electron chi connectivity index (χ3n) is 5.14. The highest BCUT2D eigenvalue weighted by molar-refractivity contribution is 5.90. The summed E-state index contributed by atoms with van der Waals surface area (Å²) in [6.07, 6.45) is 0.741. The number of carbonyl (C=O) groups excluding carboxylic acids is 1. The molecular formula is C21H27N5O4. The molecule has 0 aliphatic carbocycles. The lowest BCUT2D eigenvalue weighted by molar-refractivity contribution is -0.116. The molecule has 1 aromatic carbocycles. The molecule has 9 heteroatoms. The third kappa shape index (κ3) is 4.00. The highest BCUT2D eigenvalue weighted by Crippen LogP contribution is 2.19. The minimum Gasteiger partial charge on any atom is -0.468 e. The number of rotatable bonds is 7. The van der Waals surface area contributed by atoms with E-state index in [-0.39, 0.29) is 29.5 Å². The lowest BCUT2D eigenvalue weighted by Crippen LogP contribution is -2.37. The van der Waals surface area contributed by atoms with Crippen LogP contribution in [0.25, 0.3) is 11.2 Å². The van der Waals surface area contributed by atoms with Crippen molar-refractivity contribution >= 4 is 22.8 Å². The summed E-state index contributed by atoms with van der Waals surface area (Å²) in [5.74, 6) is 0.318. The molecule has 0 spiro atoms. The van der Waals surface area contributed by atoms with E-state index in [0.29, 0.717) is 18.9 Å². The van der Waals surface area contributed by atoms with E-state index in [1.807, 2.05) is 24.3 Å². The van der Waals surface area contributed by atoms with Crippen LogP contribution in [-0.2, 0) is 25.4 Å². The van der Waals surface area contributed by atoms with Crippen LogP contribution < -0.4 is 21.3 Å². The van der Waals surface area contributed by atoms with E-state index in [1.54, 1.807) is 11.6 Å². The summed E-state index contributed by atoms with van der Waals surface area (Å²) < 4.78 is 9.25. The number of aryl methyl sites for hydroxylation is 2. The average Bonchev–Trinajstić information content (AvgIpc) is 3.09. The third-order valence-corrected chi connectivity index (χ3v) is 5.14. The molecule has 0 fully saturated rings. The number of carbonyl (C=O) groups is 1. The fraction of sp³-hybridized carbons (Fsp3) is 0.429. The Morgan fingerprint density at radius 2 is 1.80 bits per heavy atom. The second-order valence-corrected chi connectivity index (χ2v) is 7.56. The number of methoxy groups -OCH3 is 1. The molecular weight excluding hydrogens is 386 g/mol. The molecule has 2 heterocycles. The predicted octanol–water partition coefficient (Wildman–Crippen LogP) is 1.98. The quantitative estimate of drug-likeness (QED) is 0.638. The van der Waals surface area contributed by atoms with Crippen molar-refractivity contribution in [1.82, 2.24) is 18.7 Å². The number of anilines is 1. The van der Waals surface area contributed by atoms with Crippen LogP contribution in [-0.4, -0.2) is 31.7 Å². The van der Waals surface area contributed by atoms with Gasteiger partial charge in [0.15, 0.2) is 11.2 Å². The van der Waals surface area contributed by atoms with E-state index in [9.17, 15) is 14.4 Å². The first-order valence-corrected chi connectivity index (χ1v) is 9.84. The van der Waals surface area contributed by atoms with Crippen molar-refractivity contribution in [2.24, 2.45) is 14.1 Å². The maximum atomic E-state index is 12.6. The van der Waals surface area contributed by atoms with Gasteiger partial charge in [0.1, 0.15) is 0 Å². The molecule has 1 N–H and O–H groups in total. The van der Waals surface area contributed by atoms with Crippen molar-refractivity contribution in [3.63, 3.8) is 0 Å². The number of amides is 1. The van der Waals surface area contributed by atoms with Crippen LogP contribution in [0, 0.1) is 0 Å². The molecule has 0 atom stereocenters. The highest BCUT2D eigenvalue weighted by atomic mass is 16.5. The van der Waals surface area contributed by atoms with Crippen LogP contribution in [0.4, 0.5) is 5.69 Å². The highest BCUT2D eigenvalue weighted by Gasteiger charge is 2.19. The number of nitrogens with zero attached hydrogens (tertiary/aromatic N) is 4. The second-order valence-electron chi connectivity index (χ2n) is 7.56. The lowest BCUT2D eigenvalue weighted by atomic mass is 10.0. The Morgan fingerprint density at radius 1 is 1.13 bits per heavy atom. The molecule has 0 saturated carbocycles. The van der Waals surface area contributed by atoms with Crippen molar-refractivity contribution in [1.29, 1.82) is 0 Å². The molecule has 0 aliphatic heterocycles. The summed E-state index contributed by atoms with van der Waals surface area (Å²) in [5.41, 5.74) is 1.60. The van der Waals surface area contributed by atoms with Gasteiger partial charge in [-0.1, -0.05) is 26.0 Å². The van der Waals surface area contributed by atoms with Gasteiger partial charge in [0.05, 0.1) is 7.11 Å². The van der Waals surface area contributed by atoms with Gasteiger partial charge in [0, 0.05) is 32.7 Å². The van der Waals surface area contributed by atoms with Crippen LogP contribution >= 0.6 is 0 Å². The number of imidazole rings is 1. The van der Waals surface area contributed by atoms with Crippen LogP contribution in [0.2, 0.25) is 0 Å². The SMILES string of the molecule is COc1nc2c(c(=O)n(C)c(=O)n2C)n1CCCC(=O)Nc1ccc(C(C)C)cc1. The molecule has 0 radical (unpaired) electrons. The molecule has 0 saturated heterocycles. The summed E-state index contributed by atoms with van der Waals surface area (Å²) in [6, 6.07) is 8.02. The van der Waals surface area contributed by atoms with Gasteiger partial charge in [-0.2, -0.15) is 4.98 Å². The standard InChI is InChI=1S/C21H27N5O4/c1-13(2)14-8-10-15(11-9-14)22-16(27)7-6-12-26-17-18(23-20(26)30-5)24(3)21(29)25(4)19(17)28/h8-11,13H,6-7,12H2,1-5H3,(H,22,27). The van der Waals surface area contributed by atoms with E-state index in [2.05, 4.69) is 24.1 Å². The topological polar surface area (TPSA) is 100 Å². The van der Waals surface area contributed by atoms with Gasteiger partial charge >= 0.3 is 5.69 Å². The first kappa shape index (κ1) is 21.4. The molecule has 1 amide bonds. The van der Waals surface area contributed by atoms with Crippen molar-refractivity contribution in [2.45, 2.75) is 39.2 Å². The first-order valence-electron chi connectivity index (χ1n) is 9.84. The zero-order valence-corrected chi connectivity index (χ0v) is 17.9. The summed E-state index contributed by atoms with van der Waals surface area (Å²) in [5, 5.41) is 2.88. The largest absolute Gasteiger partial charge is 0.468 e. The first-order chi connectivity index (χ1) is 14.2.